The van der Waals surface area contributed by atoms with Crippen molar-refractivity contribution in [3.63, 3.8) is 0 Å². The molecule has 0 N–H and O–H groups in total. The molecule has 1 aromatic rings. The van der Waals surface area contributed by atoms with E-state index in [1.165, 1.54) is 14.0 Å². The van der Waals surface area contributed by atoms with Gasteiger partial charge in [0.2, 0.25) is 0 Å². The summed E-state index contributed by atoms with van der Waals surface area (Å²) >= 11 is 0. The first-order valence-electron chi connectivity index (χ1n) is 4.36. The maximum atomic E-state index is 11.4. The van der Waals surface area contributed by atoms with Gasteiger partial charge in [0.1, 0.15) is 11.5 Å². The summed E-state index contributed by atoms with van der Waals surface area (Å²) in [4.78, 5) is 11.4. The van der Waals surface area contributed by atoms with Crippen molar-refractivity contribution in [2.45, 2.75) is 12.8 Å². The zero-order valence-electron chi connectivity index (χ0n) is 9.91. The van der Waals surface area contributed by atoms with Crippen molar-refractivity contribution in [3.8, 4) is 0 Å². The fraction of sp³-hybridized carbons (Fsp3) is 0.231. The average molecular weight is 442 g/mol. The van der Waals surface area contributed by atoms with Gasteiger partial charge in [0, 0.05) is 0 Å². The molecule has 0 spiro atoms. The van der Waals surface area contributed by atoms with E-state index in [1.54, 1.807) is 12.1 Å². The molecule has 1 aromatic carbocycles. The summed E-state index contributed by atoms with van der Waals surface area (Å²) in [6.07, 6.45) is 0. The van der Waals surface area contributed by atoms with Crippen molar-refractivity contribution in [2.24, 2.45) is 0 Å². The maximum absolute atomic E-state index is 11.4. The van der Waals surface area contributed by atoms with E-state index in [-0.39, 0.29) is 50.2 Å². The van der Waals surface area contributed by atoms with E-state index < -0.39 is 0 Å². The van der Waals surface area contributed by atoms with E-state index >= 15 is 0 Å². The second kappa shape index (κ2) is 8.61. The molecule has 0 radical (unpaired) electrons. The first-order valence-corrected chi connectivity index (χ1v) is 4.36. The number of Topliss-reactive ketones (excluding diaryl/α,β-unsaturated/α-hetero) is 1. The van der Waals surface area contributed by atoms with E-state index in [0.29, 0.717) is 5.76 Å². The van der Waals surface area contributed by atoms with Gasteiger partial charge in [-0.25, -0.2) is 0 Å². The Labute approximate surface area is 121 Å². The van der Waals surface area contributed by atoms with E-state index in [2.05, 4.69) is 12.6 Å². The van der Waals surface area contributed by atoms with Crippen molar-refractivity contribution in [2.75, 3.05) is 7.11 Å². The number of carbonyl (C=O) groups excluding carboxylic acids is 1. The molecule has 1 atom stereocenters. The molecule has 0 saturated heterocycles. The van der Waals surface area contributed by atoms with Crippen molar-refractivity contribution >= 4 is 5.78 Å². The van der Waals surface area contributed by atoms with Gasteiger partial charge >= 0.3 is 31.1 Å². The Kier molecular flexibility index (Phi) is 9.62. The molecule has 0 aliphatic carbocycles. The molecule has 16 heavy (non-hydrogen) atoms. The van der Waals surface area contributed by atoms with Gasteiger partial charge in [-0.2, -0.15) is 30.3 Å². The summed E-state index contributed by atoms with van der Waals surface area (Å²) in [5, 5.41) is 0. The summed E-state index contributed by atoms with van der Waals surface area (Å²) in [7, 11) is 1.52. The number of ether oxygens (including phenoxy) is 1. The first kappa shape index (κ1) is 17.9. The van der Waals surface area contributed by atoms with Gasteiger partial charge in [0.15, 0.2) is 0 Å². The number of hydrogen-bond donors (Lipinski definition) is 0. The van der Waals surface area contributed by atoms with Crippen LogP contribution in [0.4, 0.5) is 0 Å². The Bertz CT molecular complexity index is 333. The van der Waals surface area contributed by atoms with Crippen molar-refractivity contribution in [3.05, 3.63) is 55.7 Å². The van der Waals surface area contributed by atoms with Crippen LogP contribution < -0.4 is 0 Å². The van der Waals surface area contributed by atoms with Crippen LogP contribution in [0.15, 0.2) is 36.6 Å². The minimum absolute atomic E-state index is 0. The van der Waals surface area contributed by atoms with Gasteiger partial charge in [0.25, 0.3) is 0 Å². The van der Waals surface area contributed by atoms with Gasteiger partial charge < -0.3 is 12.2 Å². The molecule has 0 fully saturated rings. The molecule has 0 bridgehead atoms. The number of benzene rings is 1. The fourth-order valence-electron chi connectivity index (χ4n) is 1.36. The number of allylic oxidation sites excluding steroid dienone is 1. The van der Waals surface area contributed by atoms with Crippen LogP contribution in [-0.4, -0.2) is 12.9 Å². The molecular formula is C13H16O2U. The monoisotopic (exact) mass is 442 g/mol. The molecule has 0 aliphatic rings. The third-order valence-electron chi connectivity index (χ3n) is 2.07. The van der Waals surface area contributed by atoms with Gasteiger partial charge in [-0.05, 0) is 6.92 Å². The normalized spacial score (nSPS) is 10.4. The van der Waals surface area contributed by atoms with Crippen LogP contribution in [0.5, 0.6) is 0 Å². The summed E-state index contributed by atoms with van der Waals surface area (Å²) in [6, 6.07) is 10.1. The minimum atomic E-state index is -0.366. The fourth-order valence-corrected chi connectivity index (χ4v) is 1.36. The Morgan fingerprint density at radius 3 is 2.31 bits per heavy atom. The zero-order valence-corrected chi connectivity index (χ0v) is 14.1. The molecule has 1 rings (SSSR count). The second-order valence-electron chi connectivity index (χ2n) is 3.05. The molecule has 0 aliphatic heterocycles. The van der Waals surface area contributed by atoms with Gasteiger partial charge in [-0.15, -0.1) is 5.56 Å². The predicted molar refractivity (Wildman–Crippen MR) is 61.3 cm³/mol. The summed E-state index contributed by atoms with van der Waals surface area (Å²) < 4.78 is 5.00. The van der Waals surface area contributed by atoms with Crippen LogP contribution in [-0.2, 0) is 9.53 Å². The number of methoxy groups -OCH3 is 1. The van der Waals surface area contributed by atoms with Crippen molar-refractivity contribution in [1.82, 2.24) is 0 Å². The van der Waals surface area contributed by atoms with Crippen LogP contribution in [0.3, 0.4) is 0 Å². The van der Waals surface area contributed by atoms with Gasteiger partial charge in [-0.1, -0.05) is 6.58 Å². The number of rotatable bonds is 4. The topological polar surface area (TPSA) is 26.3 Å². The number of hydrogen-bond acceptors (Lipinski definition) is 2. The second-order valence-corrected chi connectivity index (χ2v) is 3.05. The minimum Gasteiger partial charge on any atom is -0.501 e. The average Bonchev–Trinajstić information content (AvgIpc) is 2.19. The molecule has 0 aromatic heterocycles. The Hall–Kier alpha value is -0.518. The van der Waals surface area contributed by atoms with E-state index in [1.807, 2.05) is 12.1 Å². The van der Waals surface area contributed by atoms with Crippen LogP contribution in [0.25, 0.3) is 0 Å². The molecule has 84 valence electrons. The predicted octanol–water partition coefficient (Wildman–Crippen LogP) is 2.77. The molecule has 1 unspecified atom stereocenters. The van der Waals surface area contributed by atoms with Gasteiger partial charge in [-0.3, -0.25) is 4.79 Å². The van der Waals surface area contributed by atoms with Crippen LogP contribution >= 0.6 is 0 Å². The quantitative estimate of drug-likeness (QED) is 0.530. The van der Waals surface area contributed by atoms with Crippen LogP contribution in [0, 0.1) is 44.6 Å². The van der Waals surface area contributed by atoms with Crippen LogP contribution in [0.1, 0.15) is 18.4 Å². The summed E-state index contributed by atoms with van der Waals surface area (Å²) in [6.45, 7) is 5.25. The van der Waals surface area contributed by atoms with E-state index in [4.69, 9.17) is 4.74 Å². The Morgan fingerprint density at radius 2 is 1.94 bits per heavy atom. The summed E-state index contributed by atoms with van der Waals surface area (Å²) in [5.41, 5.74) is 0.892. The molecule has 0 saturated carbocycles. The van der Waals surface area contributed by atoms with E-state index in [9.17, 15) is 4.79 Å². The maximum Gasteiger partial charge on any atom is 2.00 e. The Balaban J connectivity index is 0. The van der Waals surface area contributed by atoms with Gasteiger partial charge in [0.05, 0.1) is 13.0 Å². The molecule has 0 amide bonds. The van der Waals surface area contributed by atoms with Crippen LogP contribution in [0.2, 0.25) is 0 Å². The third kappa shape index (κ3) is 4.55. The molecule has 2 nitrogen and oxygen atoms in total. The molecule has 3 heteroatoms. The number of carbonyl (C=O) groups is 1. The van der Waals surface area contributed by atoms with Crippen molar-refractivity contribution in [1.29, 1.82) is 0 Å². The first-order chi connectivity index (χ1) is 6.66. The van der Waals surface area contributed by atoms with E-state index in [0.717, 1.165) is 5.56 Å². The molecular weight excluding hydrogens is 426 g/mol. The SMILES string of the molecule is C=C(OC)C(C(C)=O)c1cc[c-]cc1.[CH3-].[U+2]. The Morgan fingerprint density at radius 1 is 1.44 bits per heavy atom. The van der Waals surface area contributed by atoms with Crippen molar-refractivity contribution < 1.29 is 40.6 Å². The zero-order chi connectivity index (χ0) is 10.6. The standard InChI is InChI=1S/C12H13O2.CH3.U/c1-9(13)12(10(2)14-3)11-7-5-4-6-8-11;;/h5-8,12H,2H2,1,3H3;1H3;/q2*-1;+2. The molecule has 0 heterocycles. The smallest absolute Gasteiger partial charge is 0.501 e. The third-order valence-corrected chi connectivity index (χ3v) is 2.07. The number of ketones is 1. The largest absolute Gasteiger partial charge is 2.00 e. The summed E-state index contributed by atoms with van der Waals surface area (Å²) in [5.74, 6) is 0.140.